The molecule has 0 aromatic heterocycles. The molecule has 0 spiro atoms. The minimum absolute atomic E-state index is 0.113. The third-order valence-electron chi connectivity index (χ3n) is 1.57. The predicted octanol–water partition coefficient (Wildman–Crippen LogP) is 2.10. The van der Waals surface area contributed by atoms with E-state index >= 15 is 0 Å². The highest BCUT2D eigenvalue weighted by atomic mass is 35.5. The van der Waals surface area contributed by atoms with Crippen LogP contribution in [-0.2, 0) is 4.79 Å². The predicted molar refractivity (Wildman–Crippen MR) is 36.4 cm³/mol. The van der Waals surface area contributed by atoms with E-state index < -0.39 is 15.9 Å². The molecule has 1 rings (SSSR count). The second kappa shape index (κ2) is 2.08. The summed E-state index contributed by atoms with van der Waals surface area (Å²) in [7, 11) is 0. The van der Waals surface area contributed by atoms with E-state index in [4.69, 9.17) is 11.6 Å². The van der Waals surface area contributed by atoms with E-state index in [2.05, 4.69) is 0 Å². The third-order valence-corrected chi connectivity index (χ3v) is 3.42. The van der Waals surface area contributed by atoms with Gasteiger partial charge in [-0.25, -0.2) is 0 Å². The van der Waals surface area contributed by atoms with Crippen molar-refractivity contribution in [3.63, 3.8) is 0 Å². The molecule has 58 valence electrons. The fraction of sp³-hybridized carbons (Fsp3) is 0.800. The zero-order valence-electron chi connectivity index (χ0n) is 5.16. The monoisotopic (exact) mass is 186 g/mol. The highest BCUT2D eigenvalue weighted by molar-refractivity contribution is 8.15. The fourth-order valence-corrected chi connectivity index (χ4v) is 1.84. The van der Waals surface area contributed by atoms with Crippen LogP contribution in [0.4, 0.5) is 8.78 Å². The molecule has 0 aliphatic carbocycles. The maximum atomic E-state index is 12.3. The highest BCUT2D eigenvalue weighted by Crippen LogP contribution is 2.52. The van der Waals surface area contributed by atoms with Crippen molar-refractivity contribution >= 4 is 28.5 Å². The van der Waals surface area contributed by atoms with E-state index in [1.54, 1.807) is 0 Å². The van der Waals surface area contributed by atoms with Crippen molar-refractivity contribution < 1.29 is 13.6 Å². The molecule has 0 bridgehead atoms. The van der Waals surface area contributed by atoms with Crippen molar-refractivity contribution in [3.8, 4) is 0 Å². The molecule has 1 fully saturated rings. The number of hydrogen-bond acceptors (Lipinski definition) is 2. The first-order valence-corrected chi connectivity index (χ1v) is 3.98. The van der Waals surface area contributed by atoms with Crippen molar-refractivity contribution in [2.45, 2.75) is 12.3 Å². The molecule has 1 saturated heterocycles. The molecule has 0 amide bonds. The number of halogens is 3. The van der Waals surface area contributed by atoms with Gasteiger partial charge in [0.25, 0.3) is 0 Å². The SMILES string of the molecule is CC1(C(F)(F)Cl)CSC1=O. The molecular formula is C5H5ClF2OS. The molecule has 0 aromatic rings. The number of hydrogen-bond donors (Lipinski definition) is 0. The summed E-state index contributed by atoms with van der Waals surface area (Å²) in [5, 5.41) is -3.91. The summed E-state index contributed by atoms with van der Waals surface area (Å²) in [6, 6.07) is 0. The highest BCUT2D eigenvalue weighted by Gasteiger charge is 2.60. The Morgan fingerprint density at radius 3 is 2.30 bits per heavy atom. The van der Waals surface area contributed by atoms with Crippen molar-refractivity contribution in [2.24, 2.45) is 5.41 Å². The second-order valence-electron chi connectivity index (χ2n) is 2.41. The van der Waals surface area contributed by atoms with Gasteiger partial charge in [0, 0.05) is 5.75 Å². The summed E-state index contributed by atoms with van der Waals surface area (Å²) >= 11 is 5.59. The van der Waals surface area contributed by atoms with Crippen molar-refractivity contribution in [1.82, 2.24) is 0 Å². The molecule has 1 unspecified atom stereocenters. The van der Waals surface area contributed by atoms with E-state index in [-0.39, 0.29) is 5.75 Å². The van der Waals surface area contributed by atoms with Gasteiger partial charge in [0.15, 0.2) is 0 Å². The van der Waals surface area contributed by atoms with Gasteiger partial charge in [-0.1, -0.05) is 11.8 Å². The van der Waals surface area contributed by atoms with Gasteiger partial charge in [-0.05, 0) is 18.5 Å². The Balaban J connectivity index is 2.80. The first-order valence-electron chi connectivity index (χ1n) is 2.62. The molecule has 1 aliphatic heterocycles. The Morgan fingerprint density at radius 1 is 1.80 bits per heavy atom. The summed E-state index contributed by atoms with van der Waals surface area (Å²) in [6.07, 6.45) is 0. The van der Waals surface area contributed by atoms with E-state index in [0.717, 1.165) is 11.8 Å². The van der Waals surface area contributed by atoms with Gasteiger partial charge in [0.1, 0.15) is 5.41 Å². The molecule has 0 radical (unpaired) electrons. The van der Waals surface area contributed by atoms with Gasteiger partial charge in [0.05, 0.1) is 0 Å². The van der Waals surface area contributed by atoms with Crippen LogP contribution in [0.2, 0.25) is 0 Å². The number of carbonyl (C=O) groups excluding carboxylic acids is 1. The largest absolute Gasteiger partial charge is 0.335 e. The van der Waals surface area contributed by atoms with Gasteiger partial charge in [-0.2, -0.15) is 8.78 Å². The van der Waals surface area contributed by atoms with Crippen molar-refractivity contribution in [1.29, 1.82) is 0 Å². The molecule has 0 aromatic carbocycles. The van der Waals surface area contributed by atoms with Gasteiger partial charge in [0.2, 0.25) is 5.12 Å². The van der Waals surface area contributed by atoms with Crippen LogP contribution in [0.3, 0.4) is 0 Å². The molecule has 1 nitrogen and oxygen atoms in total. The lowest BCUT2D eigenvalue weighted by molar-refractivity contribution is -0.132. The maximum absolute atomic E-state index is 12.3. The number of carbonyl (C=O) groups is 1. The summed E-state index contributed by atoms with van der Waals surface area (Å²) < 4.78 is 24.7. The van der Waals surface area contributed by atoms with Crippen LogP contribution in [0.15, 0.2) is 0 Å². The molecule has 0 N–H and O–H groups in total. The van der Waals surface area contributed by atoms with E-state index in [1.807, 2.05) is 0 Å². The van der Waals surface area contributed by atoms with Gasteiger partial charge in [-0.15, -0.1) is 0 Å². The molecule has 10 heavy (non-hydrogen) atoms. The summed E-state index contributed by atoms with van der Waals surface area (Å²) in [5.41, 5.74) is -1.63. The van der Waals surface area contributed by atoms with Crippen molar-refractivity contribution in [3.05, 3.63) is 0 Å². The lowest BCUT2D eigenvalue weighted by Gasteiger charge is -2.37. The summed E-state index contributed by atoms with van der Waals surface area (Å²) in [4.78, 5) is 10.6. The van der Waals surface area contributed by atoms with Gasteiger partial charge >= 0.3 is 5.38 Å². The van der Waals surface area contributed by atoms with Gasteiger partial charge in [-0.3, -0.25) is 4.79 Å². The molecular weight excluding hydrogens is 182 g/mol. The summed E-state index contributed by atoms with van der Waals surface area (Å²) in [6.45, 7) is 1.18. The topological polar surface area (TPSA) is 17.1 Å². The van der Waals surface area contributed by atoms with Crippen LogP contribution in [-0.4, -0.2) is 16.2 Å². The normalized spacial score (nSPS) is 33.8. The Hall–Kier alpha value is 0.170. The Kier molecular flexibility index (Phi) is 1.72. The second-order valence-corrected chi connectivity index (χ2v) is 3.83. The number of rotatable bonds is 1. The zero-order valence-corrected chi connectivity index (χ0v) is 6.73. The third kappa shape index (κ3) is 0.937. The van der Waals surface area contributed by atoms with Crippen LogP contribution in [0, 0.1) is 5.41 Å². The lowest BCUT2D eigenvalue weighted by Crippen LogP contribution is -2.49. The van der Waals surface area contributed by atoms with Gasteiger partial charge < -0.3 is 0 Å². The quantitative estimate of drug-likeness (QED) is 0.584. The molecule has 5 heteroatoms. The fourth-order valence-electron chi connectivity index (χ4n) is 0.545. The maximum Gasteiger partial charge on any atom is 0.335 e. The van der Waals surface area contributed by atoms with E-state index in [1.165, 1.54) is 6.92 Å². The number of thioether (sulfide) groups is 1. The molecule has 0 saturated carbocycles. The van der Waals surface area contributed by atoms with Crippen LogP contribution < -0.4 is 0 Å². The van der Waals surface area contributed by atoms with Crippen LogP contribution in [0.1, 0.15) is 6.92 Å². The summed E-state index contributed by atoms with van der Waals surface area (Å²) in [5.74, 6) is 0.113. The van der Waals surface area contributed by atoms with Crippen LogP contribution >= 0.6 is 23.4 Å². The molecule has 1 aliphatic rings. The average molecular weight is 187 g/mol. The Labute approximate surface area is 66.1 Å². The first kappa shape index (κ1) is 8.27. The lowest BCUT2D eigenvalue weighted by atomic mass is 9.94. The van der Waals surface area contributed by atoms with Crippen LogP contribution in [0.25, 0.3) is 0 Å². The average Bonchev–Trinajstić information content (AvgIpc) is 1.80. The Bertz CT molecular complexity index is 179. The van der Waals surface area contributed by atoms with E-state index in [0.29, 0.717) is 0 Å². The van der Waals surface area contributed by atoms with Crippen molar-refractivity contribution in [2.75, 3.05) is 5.75 Å². The minimum Gasteiger partial charge on any atom is -0.286 e. The minimum atomic E-state index is -3.39. The molecule has 1 atom stereocenters. The standard InChI is InChI=1S/C5H5ClF2OS/c1-4(5(6,7)8)2-10-3(4)9/h2H2,1H3. The number of alkyl halides is 3. The Morgan fingerprint density at radius 2 is 2.30 bits per heavy atom. The zero-order chi connectivity index (χ0) is 7.99. The van der Waals surface area contributed by atoms with E-state index in [9.17, 15) is 13.6 Å². The molecule has 1 heterocycles. The smallest absolute Gasteiger partial charge is 0.286 e. The van der Waals surface area contributed by atoms with Crippen LogP contribution in [0.5, 0.6) is 0 Å². The first-order chi connectivity index (χ1) is 4.38.